The number of phenolic OH excluding ortho intramolecular Hbond substituents is 1. The zero-order valence-corrected chi connectivity index (χ0v) is 10.0. The first-order chi connectivity index (χ1) is 7.58. The fraction of sp³-hybridized carbons (Fsp3) is 0.500. The summed E-state index contributed by atoms with van der Waals surface area (Å²) in [6.07, 6.45) is 3.98. The van der Waals surface area contributed by atoms with Crippen LogP contribution in [-0.4, -0.2) is 12.2 Å². The van der Waals surface area contributed by atoms with E-state index in [9.17, 15) is 5.11 Å². The van der Waals surface area contributed by atoms with Crippen LogP contribution in [0.15, 0.2) is 12.1 Å². The molecule has 16 heavy (non-hydrogen) atoms. The number of nitrogens with two attached hydrogens (primary N) is 1. The molecule has 0 heterocycles. The Morgan fingerprint density at radius 3 is 2.56 bits per heavy atom. The molecule has 4 heteroatoms. The Balaban J connectivity index is 2.49. The van der Waals surface area contributed by atoms with Crippen LogP contribution in [0.3, 0.4) is 0 Å². The van der Waals surface area contributed by atoms with Crippen LogP contribution in [0.25, 0.3) is 0 Å². The van der Waals surface area contributed by atoms with Crippen molar-refractivity contribution in [3.8, 4) is 11.5 Å². The normalized spacial score (nSPS) is 18.7. The van der Waals surface area contributed by atoms with Crippen molar-refractivity contribution in [2.24, 2.45) is 5.73 Å². The van der Waals surface area contributed by atoms with Crippen molar-refractivity contribution in [1.82, 2.24) is 0 Å². The molecule has 1 aliphatic rings. The van der Waals surface area contributed by atoms with E-state index < -0.39 is 5.54 Å². The minimum Gasteiger partial charge on any atom is -0.504 e. The molecule has 2 rings (SSSR count). The van der Waals surface area contributed by atoms with Gasteiger partial charge in [0.05, 0.1) is 12.1 Å². The number of aromatic hydroxyl groups is 1. The third-order valence-corrected chi connectivity index (χ3v) is 3.62. The molecule has 1 aromatic carbocycles. The van der Waals surface area contributed by atoms with Crippen molar-refractivity contribution < 1.29 is 9.84 Å². The van der Waals surface area contributed by atoms with Crippen molar-refractivity contribution in [3.05, 3.63) is 22.7 Å². The quantitative estimate of drug-likeness (QED) is 0.837. The molecule has 88 valence electrons. The van der Waals surface area contributed by atoms with Gasteiger partial charge in [0.1, 0.15) is 0 Å². The Kier molecular flexibility index (Phi) is 3.00. The smallest absolute Gasteiger partial charge is 0.179 e. The summed E-state index contributed by atoms with van der Waals surface area (Å²) >= 11 is 5.93. The monoisotopic (exact) mass is 241 g/mol. The average molecular weight is 242 g/mol. The Bertz CT molecular complexity index is 400. The lowest BCUT2D eigenvalue weighted by molar-refractivity contribution is 0.355. The van der Waals surface area contributed by atoms with Crippen molar-refractivity contribution in [1.29, 1.82) is 0 Å². The third-order valence-electron chi connectivity index (χ3n) is 3.32. The number of benzene rings is 1. The molecule has 0 saturated heterocycles. The molecule has 0 spiro atoms. The molecule has 0 atom stereocenters. The highest BCUT2D eigenvalue weighted by Crippen LogP contribution is 2.45. The SMILES string of the molecule is COc1c(Cl)ccc(C2(N)CCCC2)c1O. The fourth-order valence-corrected chi connectivity index (χ4v) is 2.65. The molecule has 1 aromatic rings. The molecular formula is C12H16ClNO2. The summed E-state index contributed by atoms with van der Waals surface area (Å²) in [6.45, 7) is 0. The lowest BCUT2D eigenvalue weighted by Gasteiger charge is -2.26. The molecule has 0 aliphatic heterocycles. The van der Waals surface area contributed by atoms with E-state index in [0.29, 0.717) is 10.8 Å². The summed E-state index contributed by atoms with van der Waals surface area (Å²) in [5.74, 6) is 0.398. The standard InChI is InChI=1S/C12H16ClNO2/c1-16-11-9(13)5-4-8(10(11)15)12(14)6-2-3-7-12/h4-5,15H,2-3,6-7,14H2,1H3. The highest BCUT2D eigenvalue weighted by atomic mass is 35.5. The third kappa shape index (κ3) is 1.74. The van der Waals surface area contributed by atoms with E-state index in [2.05, 4.69) is 0 Å². The van der Waals surface area contributed by atoms with Crippen LogP contribution in [0.5, 0.6) is 11.5 Å². The maximum atomic E-state index is 10.1. The van der Waals surface area contributed by atoms with Gasteiger partial charge in [-0.3, -0.25) is 0 Å². The van der Waals surface area contributed by atoms with E-state index in [1.54, 1.807) is 12.1 Å². The second-order valence-corrected chi connectivity index (χ2v) is 4.75. The minimum absolute atomic E-state index is 0.0828. The van der Waals surface area contributed by atoms with Gasteiger partial charge >= 0.3 is 0 Å². The number of hydrogen-bond donors (Lipinski definition) is 2. The number of ether oxygens (including phenoxy) is 1. The molecule has 1 saturated carbocycles. The highest BCUT2D eigenvalue weighted by Gasteiger charge is 2.34. The zero-order valence-electron chi connectivity index (χ0n) is 9.29. The largest absolute Gasteiger partial charge is 0.504 e. The maximum absolute atomic E-state index is 10.1. The minimum atomic E-state index is -0.429. The molecule has 0 amide bonds. The van der Waals surface area contributed by atoms with Crippen LogP contribution >= 0.6 is 11.6 Å². The summed E-state index contributed by atoms with van der Waals surface area (Å²) in [7, 11) is 1.49. The first kappa shape index (κ1) is 11.6. The van der Waals surface area contributed by atoms with Gasteiger partial charge in [0.25, 0.3) is 0 Å². The Morgan fingerprint density at radius 1 is 1.38 bits per heavy atom. The molecule has 0 radical (unpaired) electrons. The number of rotatable bonds is 2. The molecule has 1 fully saturated rings. The van der Waals surface area contributed by atoms with Gasteiger partial charge in [-0.15, -0.1) is 0 Å². The molecule has 3 nitrogen and oxygen atoms in total. The van der Waals surface area contributed by atoms with E-state index in [-0.39, 0.29) is 5.75 Å². The summed E-state index contributed by atoms with van der Waals surface area (Å²) in [5, 5.41) is 10.5. The summed E-state index contributed by atoms with van der Waals surface area (Å²) in [6, 6.07) is 3.52. The predicted molar refractivity (Wildman–Crippen MR) is 64.0 cm³/mol. The second-order valence-electron chi connectivity index (χ2n) is 4.34. The maximum Gasteiger partial charge on any atom is 0.179 e. The van der Waals surface area contributed by atoms with E-state index >= 15 is 0 Å². The fourth-order valence-electron chi connectivity index (χ4n) is 2.42. The molecule has 1 aliphatic carbocycles. The Labute approximate surface area is 100 Å². The van der Waals surface area contributed by atoms with Crippen LogP contribution in [0.2, 0.25) is 5.02 Å². The van der Waals surface area contributed by atoms with Gasteiger partial charge in [-0.2, -0.15) is 0 Å². The summed E-state index contributed by atoms with van der Waals surface area (Å²) in [5.41, 5.74) is 6.61. The Hall–Kier alpha value is -0.930. The van der Waals surface area contributed by atoms with Crippen LogP contribution in [-0.2, 0) is 5.54 Å². The van der Waals surface area contributed by atoms with E-state index in [4.69, 9.17) is 22.1 Å². The average Bonchev–Trinajstić information content (AvgIpc) is 2.66. The van der Waals surface area contributed by atoms with Crippen molar-refractivity contribution in [2.75, 3.05) is 7.11 Å². The van der Waals surface area contributed by atoms with Gasteiger partial charge in [0, 0.05) is 11.1 Å². The van der Waals surface area contributed by atoms with E-state index in [1.807, 2.05) is 0 Å². The van der Waals surface area contributed by atoms with Crippen LogP contribution in [0.4, 0.5) is 0 Å². The first-order valence-corrected chi connectivity index (χ1v) is 5.81. The van der Waals surface area contributed by atoms with Crippen molar-refractivity contribution in [3.63, 3.8) is 0 Å². The molecule has 3 N–H and O–H groups in total. The number of methoxy groups -OCH3 is 1. The lowest BCUT2D eigenvalue weighted by Crippen LogP contribution is -2.33. The topological polar surface area (TPSA) is 55.5 Å². The molecule has 0 unspecified atom stereocenters. The van der Waals surface area contributed by atoms with Gasteiger partial charge in [0.2, 0.25) is 0 Å². The molecular weight excluding hydrogens is 226 g/mol. The summed E-state index contributed by atoms with van der Waals surface area (Å²) < 4.78 is 5.08. The number of halogens is 1. The van der Waals surface area contributed by atoms with Crippen molar-refractivity contribution >= 4 is 11.6 Å². The predicted octanol–water partition coefficient (Wildman–Crippen LogP) is 2.78. The first-order valence-electron chi connectivity index (χ1n) is 5.43. The zero-order chi connectivity index (χ0) is 11.8. The number of hydrogen-bond acceptors (Lipinski definition) is 3. The molecule has 0 aromatic heterocycles. The van der Waals surface area contributed by atoms with Gasteiger partial charge in [0.15, 0.2) is 11.5 Å². The van der Waals surface area contributed by atoms with Gasteiger partial charge in [-0.05, 0) is 18.9 Å². The van der Waals surface area contributed by atoms with E-state index in [1.165, 1.54) is 7.11 Å². The van der Waals surface area contributed by atoms with Crippen molar-refractivity contribution in [2.45, 2.75) is 31.2 Å². The van der Waals surface area contributed by atoms with Crippen LogP contribution < -0.4 is 10.5 Å². The number of phenols is 1. The molecule has 0 bridgehead atoms. The lowest BCUT2D eigenvalue weighted by atomic mass is 9.88. The second kappa shape index (κ2) is 4.15. The van der Waals surface area contributed by atoms with Gasteiger partial charge < -0.3 is 15.6 Å². The summed E-state index contributed by atoms with van der Waals surface area (Å²) in [4.78, 5) is 0. The van der Waals surface area contributed by atoms with Crippen LogP contribution in [0, 0.1) is 0 Å². The highest BCUT2D eigenvalue weighted by molar-refractivity contribution is 6.32. The Morgan fingerprint density at radius 2 is 2.00 bits per heavy atom. The van der Waals surface area contributed by atoms with Gasteiger partial charge in [-0.25, -0.2) is 0 Å². The van der Waals surface area contributed by atoms with Crippen LogP contribution in [0.1, 0.15) is 31.2 Å². The van der Waals surface area contributed by atoms with E-state index in [0.717, 1.165) is 31.2 Å². The van der Waals surface area contributed by atoms with Gasteiger partial charge in [-0.1, -0.05) is 30.5 Å².